The summed E-state index contributed by atoms with van der Waals surface area (Å²) < 4.78 is 29.2. The first-order valence-electron chi connectivity index (χ1n) is 40.7. The maximum absolute atomic E-state index is 5.49. The van der Waals surface area contributed by atoms with E-state index in [0.29, 0.717) is 12.3 Å². The van der Waals surface area contributed by atoms with Gasteiger partial charge in [-0.3, -0.25) is 15.0 Å². The van der Waals surface area contributed by atoms with Crippen molar-refractivity contribution in [1.29, 1.82) is 0 Å². The monoisotopic (exact) mass is 1560 g/mol. The minimum atomic E-state index is 0.644. The third-order valence-electron chi connectivity index (χ3n) is 14.9. The molecule has 0 atom stereocenters. The van der Waals surface area contributed by atoms with Crippen molar-refractivity contribution in [3.63, 3.8) is 0 Å². The molecule has 16 aromatic rings. The molecule has 2 aliphatic carbocycles. The molecule has 18 heteroatoms. The number of nitrogens with zero attached hydrogens (tertiary/aromatic N) is 12. The van der Waals surface area contributed by atoms with Crippen molar-refractivity contribution < 1.29 is 22.7 Å². The van der Waals surface area contributed by atoms with Crippen LogP contribution in [0.5, 0.6) is 11.6 Å². The molecular formula is C96H124N12O5S. The van der Waals surface area contributed by atoms with Gasteiger partial charge in [0.15, 0.2) is 12.0 Å². The van der Waals surface area contributed by atoms with Crippen molar-refractivity contribution in [3.8, 4) is 11.6 Å². The average molecular weight is 1560 g/mol. The number of furan rings is 2. The van der Waals surface area contributed by atoms with Crippen LogP contribution >= 0.6 is 11.3 Å². The van der Waals surface area contributed by atoms with Crippen LogP contribution in [0.1, 0.15) is 179 Å². The lowest BCUT2D eigenvalue weighted by Gasteiger charge is -2.15. The second-order valence-corrected chi connectivity index (χ2v) is 22.0. The summed E-state index contributed by atoms with van der Waals surface area (Å²) in [6, 6.07) is 66.0. The Bertz CT molecular complexity index is 4450. The number of azo groups is 1. The number of allylic oxidation sites excluding steroid dienone is 1. The Labute approximate surface area is 683 Å². The molecule has 0 unspecified atom stereocenters. The number of para-hydroxylation sites is 6. The number of aromatic nitrogens is 10. The van der Waals surface area contributed by atoms with E-state index in [1.165, 1.54) is 70.0 Å². The molecule has 604 valence electrons. The van der Waals surface area contributed by atoms with E-state index >= 15 is 0 Å². The van der Waals surface area contributed by atoms with Crippen LogP contribution in [0.2, 0.25) is 0 Å². The molecule has 13 heterocycles. The van der Waals surface area contributed by atoms with Gasteiger partial charge in [0.25, 0.3) is 0 Å². The molecule has 21 rings (SSSR count). The maximum Gasteiger partial charge on any atom is 0.228 e. The molecule has 6 aromatic carbocycles. The smallest absolute Gasteiger partial charge is 0.228 e. The Balaban J connectivity index is 0.000000419. The zero-order chi connectivity index (χ0) is 83.6. The van der Waals surface area contributed by atoms with Gasteiger partial charge in [0.1, 0.15) is 47.5 Å². The molecule has 10 aromatic heterocycles. The number of benzene rings is 6. The second-order valence-electron chi connectivity index (χ2n) is 21.1. The zero-order valence-corrected chi connectivity index (χ0v) is 72.1. The minimum absolute atomic E-state index is 0.644. The number of hydrogen-bond acceptors (Lipinski definition) is 17. The number of oxazole rings is 1. The fourth-order valence-corrected chi connectivity index (χ4v) is 10.9. The van der Waals surface area contributed by atoms with Gasteiger partial charge >= 0.3 is 0 Å². The zero-order valence-electron chi connectivity index (χ0n) is 71.2. The van der Waals surface area contributed by atoms with Crippen LogP contribution in [0.25, 0.3) is 71.4 Å². The normalized spacial score (nSPS) is 10.7. The van der Waals surface area contributed by atoms with Gasteiger partial charge < -0.3 is 27.3 Å². The van der Waals surface area contributed by atoms with E-state index in [2.05, 4.69) is 126 Å². The maximum atomic E-state index is 5.49. The van der Waals surface area contributed by atoms with Gasteiger partial charge in [0.05, 0.1) is 69.8 Å². The van der Waals surface area contributed by atoms with Gasteiger partial charge in [-0.05, 0) is 133 Å². The van der Waals surface area contributed by atoms with Gasteiger partial charge in [-0.15, -0.1) is 11.3 Å². The summed E-state index contributed by atoms with van der Waals surface area (Å²) >= 11 is 1.68. The van der Waals surface area contributed by atoms with Gasteiger partial charge in [-0.2, -0.15) is 10.2 Å². The molecule has 114 heavy (non-hydrogen) atoms. The van der Waals surface area contributed by atoms with Gasteiger partial charge in [0, 0.05) is 59.4 Å². The molecule has 0 bridgehead atoms. The summed E-state index contributed by atoms with van der Waals surface area (Å²) in [4.78, 5) is 36.6. The van der Waals surface area contributed by atoms with Crippen LogP contribution < -0.4 is 9.47 Å². The van der Waals surface area contributed by atoms with E-state index in [1.54, 1.807) is 42.5 Å². The molecule has 0 N–H and O–H groups in total. The van der Waals surface area contributed by atoms with Crippen molar-refractivity contribution >= 4 is 88.4 Å². The lowest BCUT2D eigenvalue weighted by Crippen LogP contribution is -2.12. The van der Waals surface area contributed by atoms with Crippen molar-refractivity contribution in [2.75, 3.05) is 13.2 Å². The lowest BCUT2D eigenvalue weighted by atomic mass is 10.1. The van der Waals surface area contributed by atoms with E-state index < -0.39 is 0 Å². The summed E-state index contributed by atoms with van der Waals surface area (Å²) in [6.07, 6.45) is 27.2. The molecule has 0 fully saturated rings. The summed E-state index contributed by atoms with van der Waals surface area (Å²) in [7, 11) is 0. The van der Waals surface area contributed by atoms with Crippen LogP contribution in [0.15, 0.2) is 298 Å². The van der Waals surface area contributed by atoms with Gasteiger partial charge in [0.2, 0.25) is 11.6 Å². The van der Waals surface area contributed by atoms with Crippen LogP contribution in [-0.2, 0) is 38.8 Å². The number of hydrogen-bond donors (Lipinski definition) is 0. The summed E-state index contributed by atoms with van der Waals surface area (Å²) in [5.41, 5.74) is 18.3. The SMILES string of the molecule is C1=Cc2ccccc2C1.CC.CC.CC.CC.CC.CC.CC.CC.CC.CC.c1cc2c3c(c1)ncn3CCO2.c1ccc2ncccc2c1.c1ccc2occc2c1.c1ccc2ocnc2c1.c1ccc2scnc2c1.c1cnc2c(c1)CCC2.c1cnc2c(c1)CCO2.c1cnc2c(c1)N=NC2.c1ncc2ccoc2n1. The first-order valence-corrected chi connectivity index (χ1v) is 41.6. The Morgan fingerprint density at radius 2 is 1.00 bits per heavy atom. The fourth-order valence-electron chi connectivity index (χ4n) is 10.3. The van der Waals surface area contributed by atoms with Crippen molar-refractivity contribution in [2.24, 2.45) is 10.2 Å². The first-order chi connectivity index (χ1) is 56.6. The number of fused-ring (bicyclic) bond motifs is 9. The largest absolute Gasteiger partial charge is 0.489 e. The van der Waals surface area contributed by atoms with Gasteiger partial charge in [-0.25, -0.2) is 29.9 Å². The highest BCUT2D eigenvalue weighted by Crippen LogP contribution is 2.28. The van der Waals surface area contributed by atoms with Crippen molar-refractivity contribution in [1.82, 2.24) is 49.4 Å². The Morgan fingerprint density at radius 3 is 1.69 bits per heavy atom. The quantitative estimate of drug-likeness (QED) is 0.139. The number of ether oxygens (including phenoxy) is 2. The summed E-state index contributed by atoms with van der Waals surface area (Å²) in [6.45, 7) is 43.1. The molecule has 0 saturated carbocycles. The number of pyridine rings is 4. The molecule has 17 nitrogen and oxygen atoms in total. The highest BCUT2D eigenvalue weighted by atomic mass is 32.1. The van der Waals surface area contributed by atoms with E-state index in [-0.39, 0.29) is 0 Å². The predicted molar refractivity (Wildman–Crippen MR) is 483 cm³/mol. The first kappa shape index (κ1) is 98.2. The Kier molecular flexibility index (Phi) is 54.9. The minimum Gasteiger partial charge on any atom is -0.489 e. The van der Waals surface area contributed by atoms with Crippen LogP contribution in [0, 0.1) is 0 Å². The third kappa shape index (κ3) is 33.6. The van der Waals surface area contributed by atoms with Crippen molar-refractivity contribution in [3.05, 3.63) is 308 Å². The topological polar surface area (TPSA) is 204 Å². The highest BCUT2D eigenvalue weighted by Gasteiger charge is 2.14. The third-order valence-corrected chi connectivity index (χ3v) is 15.7. The molecule has 0 saturated heterocycles. The standard InChI is InChI=1S/C9H8N2O.C9H7N.C9H8.C8H9N.C8H6O.C7H7NO.C7H5NO.C7H5NS.C6H5N3.C6H4N2O.10C2H6/c1-2-7-9-8(3-1)12-5-4-11(9)6-10-7;1-2-6-9-8(4-1)5-3-7-10-9;1-2-5-9-7-3-6-8(9)4-1;1-3-7-4-2-6-9-8(7)5-1;1-2-4-8-7(3-1)5-6-9-8;1-2-6-3-5-9-7(6)8-4-1;2*1-2-4-7-6(3-1)8-5-9-7;1-2-5-6(7-3-1)4-8-9-5;1-2-9-6-5(1)3-7-4-8-6;10*1-2/h1-3,6H,4-5H2;1-7H;1-6H,7H2;2,4,6H,1,3,5H2;1-6H;1-2,4H,3,5H2;2*1-5H;1-3H,4H2;1-4H;10*1-2H3. The number of aryl methyl sites for hydroxylation is 2. The number of imidazole rings is 1. The Hall–Kier alpha value is -11.9. The van der Waals surface area contributed by atoms with E-state index in [9.17, 15) is 0 Å². The molecule has 0 radical (unpaired) electrons. The van der Waals surface area contributed by atoms with Gasteiger partial charge in [-0.1, -0.05) is 260 Å². The predicted octanol–water partition coefficient (Wildman–Crippen LogP) is 28.2. The van der Waals surface area contributed by atoms with Crippen LogP contribution in [0.3, 0.4) is 0 Å². The van der Waals surface area contributed by atoms with Crippen molar-refractivity contribution in [2.45, 2.75) is 184 Å². The number of thiazole rings is 1. The summed E-state index contributed by atoms with van der Waals surface area (Å²) in [5.74, 6) is 1.77. The average Bonchev–Trinajstić information content (AvgIpc) is 1.64. The van der Waals surface area contributed by atoms with E-state index in [1.807, 2.05) is 308 Å². The molecular weight excluding hydrogens is 1430 g/mol. The molecule has 0 amide bonds. The molecule has 0 spiro atoms. The van der Waals surface area contributed by atoms with E-state index in [0.717, 1.165) is 105 Å². The fraction of sp³-hybridized carbons (Fsp3) is 0.302. The Morgan fingerprint density at radius 1 is 0.404 bits per heavy atom. The van der Waals surface area contributed by atoms with Crippen LogP contribution in [-0.4, -0.2) is 62.6 Å². The number of rotatable bonds is 0. The second kappa shape index (κ2) is 63.7. The molecule has 3 aliphatic heterocycles. The summed E-state index contributed by atoms with van der Waals surface area (Å²) in [5, 5.41) is 11.0. The molecule has 5 aliphatic rings. The lowest BCUT2D eigenvalue weighted by molar-refractivity contribution is 0.287. The van der Waals surface area contributed by atoms with Crippen LogP contribution in [0.4, 0.5) is 5.69 Å². The van der Waals surface area contributed by atoms with E-state index in [4.69, 9.17) is 22.7 Å². The highest BCUT2D eigenvalue weighted by molar-refractivity contribution is 7.16.